The molecule has 1 N–H and O–H groups in total. The van der Waals surface area contributed by atoms with Crippen molar-refractivity contribution in [1.82, 2.24) is 9.66 Å². The van der Waals surface area contributed by atoms with E-state index in [1.807, 2.05) is 0 Å². The second-order valence-corrected chi connectivity index (χ2v) is 9.81. The lowest BCUT2D eigenvalue weighted by Gasteiger charge is -2.13. The first-order chi connectivity index (χ1) is 20.1. The molecule has 0 radical (unpaired) electrons. The zero-order valence-electron chi connectivity index (χ0n) is 21.4. The Morgan fingerprint density at radius 2 is 1.76 bits per heavy atom. The standard InChI is InChI=1S/C30H19BrF4N4O3/c31-21-12-13-26(42-17-27(40)37-25-11-4-2-9-23(25)32)19(15-21)16-36-39-28(18-6-5-7-20(14-18)30(33,34)35)38-24-10-3-1-8-22(24)29(39)41/h1-16H,17H2,(H,37,40). The first-order valence-electron chi connectivity index (χ1n) is 12.3. The molecular formula is C30H19BrF4N4O3. The minimum atomic E-state index is -4.61. The number of nitrogens with zero attached hydrogens (tertiary/aromatic N) is 3. The normalized spacial score (nSPS) is 11.6. The summed E-state index contributed by atoms with van der Waals surface area (Å²) in [5.41, 5.74) is -0.874. The van der Waals surface area contributed by atoms with E-state index in [4.69, 9.17) is 4.74 Å². The monoisotopic (exact) mass is 638 g/mol. The topological polar surface area (TPSA) is 85.6 Å². The summed E-state index contributed by atoms with van der Waals surface area (Å²) in [6.07, 6.45) is -3.34. The van der Waals surface area contributed by atoms with Crippen molar-refractivity contribution in [2.45, 2.75) is 6.18 Å². The Balaban J connectivity index is 1.51. The van der Waals surface area contributed by atoms with Crippen LogP contribution in [0.15, 0.2) is 105 Å². The van der Waals surface area contributed by atoms with E-state index in [2.05, 4.69) is 31.3 Å². The summed E-state index contributed by atoms with van der Waals surface area (Å²) in [4.78, 5) is 30.3. The Morgan fingerprint density at radius 3 is 2.55 bits per heavy atom. The van der Waals surface area contributed by atoms with Gasteiger partial charge in [-0.25, -0.2) is 9.37 Å². The number of alkyl halides is 3. The molecule has 0 unspecified atom stereocenters. The zero-order chi connectivity index (χ0) is 29.9. The van der Waals surface area contributed by atoms with Gasteiger partial charge < -0.3 is 10.1 Å². The summed E-state index contributed by atoms with van der Waals surface area (Å²) in [5.74, 6) is -1.13. The maximum absolute atomic E-state index is 13.9. The van der Waals surface area contributed by atoms with E-state index in [9.17, 15) is 27.2 Å². The van der Waals surface area contributed by atoms with E-state index in [1.165, 1.54) is 42.6 Å². The Bertz CT molecular complexity index is 1890. The third-order valence-electron chi connectivity index (χ3n) is 5.99. The van der Waals surface area contributed by atoms with Crippen LogP contribution in [0.1, 0.15) is 11.1 Å². The summed E-state index contributed by atoms with van der Waals surface area (Å²) >= 11 is 3.35. The van der Waals surface area contributed by atoms with Gasteiger partial charge in [-0.15, -0.1) is 0 Å². The second-order valence-electron chi connectivity index (χ2n) is 8.89. The fourth-order valence-electron chi connectivity index (χ4n) is 4.02. The number of carbonyl (C=O) groups is 1. The number of hydrogen-bond acceptors (Lipinski definition) is 5. The van der Waals surface area contributed by atoms with Crippen LogP contribution in [0.5, 0.6) is 5.75 Å². The molecule has 5 aromatic rings. The van der Waals surface area contributed by atoms with Crippen molar-refractivity contribution in [3.63, 3.8) is 0 Å². The van der Waals surface area contributed by atoms with Crippen LogP contribution in [-0.4, -0.2) is 28.4 Å². The Hall–Kier alpha value is -4.84. The largest absolute Gasteiger partial charge is 0.483 e. The van der Waals surface area contributed by atoms with Crippen molar-refractivity contribution in [2.75, 3.05) is 11.9 Å². The molecule has 0 saturated carbocycles. The number of rotatable bonds is 7. The predicted octanol–water partition coefficient (Wildman–Crippen LogP) is 6.88. The van der Waals surface area contributed by atoms with Gasteiger partial charge in [0, 0.05) is 15.6 Å². The lowest BCUT2D eigenvalue weighted by molar-refractivity contribution is -0.137. The maximum Gasteiger partial charge on any atom is 0.416 e. The summed E-state index contributed by atoms with van der Waals surface area (Å²) in [7, 11) is 0. The average Bonchev–Trinajstić information content (AvgIpc) is 2.97. The van der Waals surface area contributed by atoms with Gasteiger partial charge in [-0.3, -0.25) is 9.59 Å². The fourth-order valence-corrected chi connectivity index (χ4v) is 4.39. The van der Waals surface area contributed by atoms with Gasteiger partial charge in [-0.1, -0.05) is 52.3 Å². The van der Waals surface area contributed by atoms with Gasteiger partial charge in [0.15, 0.2) is 12.4 Å². The lowest BCUT2D eigenvalue weighted by atomic mass is 10.1. The molecule has 1 aromatic heterocycles. The molecule has 7 nitrogen and oxygen atoms in total. The van der Waals surface area contributed by atoms with Crippen LogP contribution in [0.4, 0.5) is 23.2 Å². The van der Waals surface area contributed by atoms with Crippen LogP contribution < -0.4 is 15.6 Å². The molecule has 42 heavy (non-hydrogen) atoms. The molecule has 0 aliphatic heterocycles. The lowest BCUT2D eigenvalue weighted by Crippen LogP contribution is -2.21. The first kappa shape index (κ1) is 28.7. The summed E-state index contributed by atoms with van der Waals surface area (Å²) in [5, 5.41) is 6.91. The summed E-state index contributed by atoms with van der Waals surface area (Å²) < 4.78 is 61.4. The van der Waals surface area contributed by atoms with Gasteiger partial charge in [-0.05, 0) is 54.6 Å². The van der Waals surface area contributed by atoms with Gasteiger partial charge in [-0.2, -0.15) is 22.9 Å². The minimum Gasteiger partial charge on any atom is -0.483 e. The van der Waals surface area contributed by atoms with Gasteiger partial charge in [0.05, 0.1) is 28.4 Å². The molecular weight excluding hydrogens is 620 g/mol. The average molecular weight is 639 g/mol. The van der Waals surface area contributed by atoms with Gasteiger partial charge in [0.1, 0.15) is 11.6 Å². The SMILES string of the molecule is O=C(COc1ccc(Br)cc1C=Nn1c(-c2cccc(C(F)(F)F)c2)nc2ccccc2c1=O)Nc1ccccc1F. The molecule has 1 amide bonds. The second kappa shape index (κ2) is 12.0. The number of hydrogen-bond donors (Lipinski definition) is 1. The molecule has 12 heteroatoms. The third kappa shape index (κ3) is 6.39. The van der Waals surface area contributed by atoms with E-state index in [0.717, 1.165) is 16.8 Å². The Kier molecular flexibility index (Phi) is 8.16. The third-order valence-corrected chi connectivity index (χ3v) is 6.49. The van der Waals surface area contributed by atoms with E-state index in [-0.39, 0.29) is 33.7 Å². The molecule has 0 saturated heterocycles. The molecule has 0 fully saturated rings. The first-order valence-corrected chi connectivity index (χ1v) is 13.1. The van der Waals surface area contributed by atoms with Crippen LogP contribution in [0.2, 0.25) is 0 Å². The summed E-state index contributed by atoms with van der Waals surface area (Å²) in [6, 6.07) is 21.3. The predicted molar refractivity (Wildman–Crippen MR) is 154 cm³/mol. The number of ether oxygens (including phenoxy) is 1. The number of carbonyl (C=O) groups excluding carboxylic acids is 1. The van der Waals surface area contributed by atoms with Crippen molar-refractivity contribution in [1.29, 1.82) is 0 Å². The number of amides is 1. The molecule has 0 bridgehead atoms. The van der Waals surface area contributed by atoms with Crippen molar-refractivity contribution in [2.24, 2.45) is 5.10 Å². The Morgan fingerprint density at radius 1 is 1.00 bits per heavy atom. The number of benzene rings is 4. The van der Waals surface area contributed by atoms with E-state index < -0.39 is 35.6 Å². The highest BCUT2D eigenvalue weighted by Crippen LogP contribution is 2.32. The highest BCUT2D eigenvalue weighted by molar-refractivity contribution is 9.10. The molecule has 0 aliphatic carbocycles. The summed E-state index contributed by atoms with van der Waals surface area (Å²) in [6.45, 7) is -0.468. The van der Waals surface area contributed by atoms with Crippen molar-refractivity contribution < 1.29 is 27.1 Å². The number of nitrogens with one attached hydrogen (secondary N) is 1. The number of anilines is 1. The van der Waals surface area contributed by atoms with Crippen LogP contribution >= 0.6 is 15.9 Å². The van der Waals surface area contributed by atoms with E-state index in [0.29, 0.717) is 10.0 Å². The molecule has 0 aliphatic rings. The van der Waals surface area contributed by atoms with E-state index >= 15 is 0 Å². The van der Waals surface area contributed by atoms with Crippen LogP contribution in [0.3, 0.4) is 0 Å². The fraction of sp³-hybridized carbons (Fsp3) is 0.0667. The van der Waals surface area contributed by atoms with Crippen molar-refractivity contribution >= 4 is 44.6 Å². The quantitative estimate of drug-likeness (QED) is 0.155. The van der Waals surface area contributed by atoms with Crippen LogP contribution in [-0.2, 0) is 11.0 Å². The molecule has 5 rings (SSSR count). The maximum atomic E-state index is 13.9. The molecule has 4 aromatic carbocycles. The van der Waals surface area contributed by atoms with Gasteiger partial charge in [0.2, 0.25) is 0 Å². The number of aromatic nitrogens is 2. The number of fused-ring (bicyclic) bond motifs is 1. The van der Waals surface area contributed by atoms with Gasteiger partial charge >= 0.3 is 6.18 Å². The van der Waals surface area contributed by atoms with Gasteiger partial charge in [0.25, 0.3) is 11.5 Å². The van der Waals surface area contributed by atoms with Crippen LogP contribution in [0, 0.1) is 5.82 Å². The molecule has 1 heterocycles. The zero-order valence-corrected chi connectivity index (χ0v) is 23.0. The molecule has 0 spiro atoms. The highest BCUT2D eigenvalue weighted by atomic mass is 79.9. The number of halogens is 5. The molecule has 0 atom stereocenters. The smallest absolute Gasteiger partial charge is 0.416 e. The van der Waals surface area contributed by atoms with E-state index in [1.54, 1.807) is 42.5 Å². The Labute approximate surface area is 244 Å². The number of para-hydroxylation sites is 2. The van der Waals surface area contributed by atoms with Crippen molar-refractivity contribution in [3.8, 4) is 17.1 Å². The van der Waals surface area contributed by atoms with Crippen LogP contribution in [0.25, 0.3) is 22.3 Å². The minimum absolute atomic E-state index is 0.00556. The highest BCUT2D eigenvalue weighted by Gasteiger charge is 2.31. The van der Waals surface area contributed by atoms with Crippen molar-refractivity contribution in [3.05, 3.63) is 123 Å². The molecule has 212 valence electrons.